The van der Waals surface area contributed by atoms with Crippen molar-refractivity contribution in [1.82, 2.24) is 19.7 Å². The third-order valence-electron chi connectivity index (χ3n) is 7.44. The summed E-state index contributed by atoms with van der Waals surface area (Å²) in [5, 5.41) is 16.7. The maximum Gasteiger partial charge on any atom is 0.222 e. The highest BCUT2D eigenvalue weighted by atomic mass is 16.5. The number of benzene rings is 1. The lowest BCUT2D eigenvalue weighted by Gasteiger charge is -2.36. The molecule has 1 amide bonds. The van der Waals surface area contributed by atoms with E-state index in [0.29, 0.717) is 18.6 Å². The van der Waals surface area contributed by atoms with E-state index in [1.807, 2.05) is 41.6 Å². The second-order valence-corrected chi connectivity index (χ2v) is 9.82. The topological polar surface area (TPSA) is 99.4 Å². The van der Waals surface area contributed by atoms with Gasteiger partial charge in [-0.3, -0.25) is 4.79 Å². The summed E-state index contributed by atoms with van der Waals surface area (Å²) < 4.78 is 7.43. The number of carbonyl (C=O) groups excluding carboxylic acids is 1. The summed E-state index contributed by atoms with van der Waals surface area (Å²) in [7, 11) is 0. The summed E-state index contributed by atoms with van der Waals surface area (Å²) in [6, 6.07) is 14.6. The lowest BCUT2D eigenvalue weighted by atomic mass is 10.1. The van der Waals surface area contributed by atoms with E-state index in [1.165, 1.54) is 0 Å². The Labute approximate surface area is 224 Å². The molecule has 2 saturated heterocycles. The van der Waals surface area contributed by atoms with Crippen LogP contribution in [0.5, 0.6) is 0 Å². The SMILES string of the molecule is CCC(=N)c1ccc(-c2ccnn2-c2ccc(N3CCN(C(=O)CC)CC3)cc2)nc1NC1CCOCC1. The standard InChI is InChI=1S/C29H37N7O2/c1-3-25(30)24-9-10-26(33-29(24)32-21-12-19-38-20-13-21)27-11-14-31-36(27)23-7-5-22(6-8-23)34-15-17-35(18-16-34)28(37)4-2/h5-11,14,21,30H,3-4,12-13,15-20H2,1-2H3,(H,32,33). The molecule has 5 rings (SSSR count). The van der Waals surface area contributed by atoms with Gasteiger partial charge in [0.2, 0.25) is 5.91 Å². The smallest absolute Gasteiger partial charge is 0.222 e. The average Bonchev–Trinajstić information content (AvgIpc) is 3.47. The number of hydrogen-bond acceptors (Lipinski definition) is 7. The number of nitrogens with one attached hydrogen (secondary N) is 2. The predicted octanol–water partition coefficient (Wildman–Crippen LogP) is 4.36. The van der Waals surface area contributed by atoms with E-state index in [9.17, 15) is 4.79 Å². The maximum absolute atomic E-state index is 12.0. The van der Waals surface area contributed by atoms with Crippen molar-refractivity contribution in [2.75, 3.05) is 49.6 Å². The minimum absolute atomic E-state index is 0.227. The van der Waals surface area contributed by atoms with Crippen LogP contribution in [0.15, 0.2) is 48.7 Å². The normalized spacial score (nSPS) is 16.5. The molecular weight excluding hydrogens is 478 g/mol. The Morgan fingerprint density at radius 2 is 1.68 bits per heavy atom. The zero-order valence-corrected chi connectivity index (χ0v) is 22.3. The molecule has 1 aromatic carbocycles. The molecule has 3 aromatic rings. The average molecular weight is 516 g/mol. The van der Waals surface area contributed by atoms with Crippen molar-refractivity contribution in [3.8, 4) is 17.1 Å². The van der Waals surface area contributed by atoms with E-state index in [-0.39, 0.29) is 11.9 Å². The van der Waals surface area contributed by atoms with Crippen LogP contribution in [0.3, 0.4) is 0 Å². The zero-order valence-electron chi connectivity index (χ0n) is 22.3. The van der Waals surface area contributed by atoms with Crippen LogP contribution >= 0.6 is 0 Å². The van der Waals surface area contributed by atoms with Gasteiger partial charge in [0.15, 0.2) is 0 Å². The number of hydrogen-bond donors (Lipinski definition) is 2. The molecule has 0 atom stereocenters. The first kappa shape index (κ1) is 25.9. The molecule has 0 unspecified atom stereocenters. The van der Waals surface area contributed by atoms with E-state index in [2.05, 4.69) is 39.6 Å². The van der Waals surface area contributed by atoms with Gasteiger partial charge in [-0.05, 0) is 61.7 Å². The zero-order chi connectivity index (χ0) is 26.5. The Bertz CT molecular complexity index is 1260. The predicted molar refractivity (Wildman–Crippen MR) is 150 cm³/mol. The molecule has 0 radical (unpaired) electrons. The van der Waals surface area contributed by atoms with E-state index >= 15 is 0 Å². The van der Waals surface area contributed by atoms with Gasteiger partial charge >= 0.3 is 0 Å². The van der Waals surface area contributed by atoms with E-state index in [0.717, 1.165) is 86.4 Å². The molecule has 2 N–H and O–H groups in total. The van der Waals surface area contributed by atoms with Gasteiger partial charge in [0.1, 0.15) is 5.82 Å². The first-order valence-corrected chi connectivity index (χ1v) is 13.7. The summed E-state index contributed by atoms with van der Waals surface area (Å²) in [4.78, 5) is 21.3. The molecule has 9 heteroatoms. The van der Waals surface area contributed by atoms with Gasteiger partial charge in [0.05, 0.1) is 23.3 Å². The van der Waals surface area contributed by atoms with Crippen molar-refractivity contribution in [2.45, 2.75) is 45.6 Å². The highest BCUT2D eigenvalue weighted by Crippen LogP contribution is 2.27. The van der Waals surface area contributed by atoms with Crippen LogP contribution < -0.4 is 10.2 Å². The third-order valence-corrected chi connectivity index (χ3v) is 7.44. The molecule has 2 fully saturated rings. The summed E-state index contributed by atoms with van der Waals surface area (Å²) >= 11 is 0. The van der Waals surface area contributed by atoms with Gasteiger partial charge < -0.3 is 25.3 Å². The van der Waals surface area contributed by atoms with Crippen molar-refractivity contribution in [3.05, 3.63) is 54.2 Å². The first-order valence-electron chi connectivity index (χ1n) is 13.7. The van der Waals surface area contributed by atoms with Gasteiger partial charge in [-0.15, -0.1) is 0 Å². The number of ether oxygens (including phenoxy) is 1. The fraction of sp³-hybridized carbons (Fsp3) is 0.448. The Kier molecular flexibility index (Phi) is 8.03. The molecule has 4 heterocycles. The van der Waals surface area contributed by atoms with Crippen LogP contribution in [0.4, 0.5) is 11.5 Å². The number of nitrogens with zero attached hydrogens (tertiary/aromatic N) is 5. The second kappa shape index (κ2) is 11.8. The van der Waals surface area contributed by atoms with Crippen LogP contribution in [0.25, 0.3) is 17.1 Å². The third kappa shape index (κ3) is 5.57. The fourth-order valence-corrected chi connectivity index (χ4v) is 5.13. The Morgan fingerprint density at radius 1 is 0.974 bits per heavy atom. The number of rotatable bonds is 8. The number of anilines is 2. The molecule has 200 valence electrons. The number of carbonyl (C=O) groups is 1. The van der Waals surface area contributed by atoms with Crippen LogP contribution in [0, 0.1) is 5.41 Å². The number of amides is 1. The highest BCUT2D eigenvalue weighted by Gasteiger charge is 2.21. The van der Waals surface area contributed by atoms with E-state index in [1.54, 1.807) is 6.20 Å². The molecule has 0 saturated carbocycles. The van der Waals surface area contributed by atoms with Gasteiger partial charge in [-0.1, -0.05) is 13.8 Å². The summed E-state index contributed by atoms with van der Waals surface area (Å²) in [6.45, 7) is 8.60. The minimum Gasteiger partial charge on any atom is -0.381 e. The van der Waals surface area contributed by atoms with Gasteiger partial charge in [-0.2, -0.15) is 5.10 Å². The van der Waals surface area contributed by atoms with Crippen molar-refractivity contribution in [3.63, 3.8) is 0 Å². The lowest BCUT2D eigenvalue weighted by Crippen LogP contribution is -2.48. The Hall–Kier alpha value is -3.72. The minimum atomic E-state index is 0.227. The van der Waals surface area contributed by atoms with Crippen molar-refractivity contribution < 1.29 is 9.53 Å². The van der Waals surface area contributed by atoms with Crippen LogP contribution in [0.1, 0.15) is 45.1 Å². The number of piperazine rings is 1. The van der Waals surface area contributed by atoms with Crippen LogP contribution in [-0.2, 0) is 9.53 Å². The second-order valence-electron chi connectivity index (χ2n) is 9.82. The highest BCUT2D eigenvalue weighted by molar-refractivity contribution is 6.02. The molecule has 2 aliphatic rings. The van der Waals surface area contributed by atoms with Crippen molar-refractivity contribution in [1.29, 1.82) is 5.41 Å². The van der Waals surface area contributed by atoms with Gasteiger partial charge in [-0.25, -0.2) is 9.67 Å². The summed E-state index contributed by atoms with van der Waals surface area (Å²) in [5.74, 6) is 0.982. The summed E-state index contributed by atoms with van der Waals surface area (Å²) in [5.41, 5.74) is 5.23. The maximum atomic E-state index is 12.0. The quantitative estimate of drug-likeness (QED) is 0.433. The fourth-order valence-electron chi connectivity index (χ4n) is 5.13. The lowest BCUT2D eigenvalue weighted by molar-refractivity contribution is -0.131. The summed E-state index contributed by atoms with van der Waals surface area (Å²) in [6.07, 6.45) is 4.87. The molecule has 38 heavy (non-hydrogen) atoms. The number of aromatic nitrogens is 3. The van der Waals surface area contributed by atoms with Gasteiger partial charge in [0.25, 0.3) is 0 Å². The van der Waals surface area contributed by atoms with Crippen molar-refractivity contribution in [2.24, 2.45) is 0 Å². The molecule has 0 aliphatic carbocycles. The Morgan fingerprint density at radius 3 is 2.37 bits per heavy atom. The van der Waals surface area contributed by atoms with Crippen LogP contribution in [0.2, 0.25) is 0 Å². The first-order chi connectivity index (χ1) is 18.6. The van der Waals surface area contributed by atoms with Crippen molar-refractivity contribution >= 4 is 23.1 Å². The molecule has 2 aliphatic heterocycles. The van der Waals surface area contributed by atoms with Crippen LogP contribution in [-0.4, -0.2) is 76.7 Å². The monoisotopic (exact) mass is 515 g/mol. The number of pyridine rings is 1. The van der Waals surface area contributed by atoms with E-state index < -0.39 is 0 Å². The molecule has 9 nitrogen and oxygen atoms in total. The molecule has 0 spiro atoms. The van der Waals surface area contributed by atoms with Gasteiger partial charge in [0, 0.05) is 68.8 Å². The molecular formula is C29H37N7O2. The Balaban J connectivity index is 1.36. The molecule has 2 aromatic heterocycles. The largest absolute Gasteiger partial charge is 0.381 e. The molecule has 0 bridgehead atoms. The van der Waals surface area contributed by atoms with E-state index in [4.69, 9.17) is 15.1 Å².